The predicted octanol–water partition coefficient (Wildman–Crippen LogP) is 2.58. The van der Waals surface area contributed by atoms with E-state index in [1.54, 1.807) is 24.3 Å². The molecule has 2 aromatic rings. The van der Waals surface area contributed by atoms with E-state index in [0.29, 0.717) is 28.5 Å². The van der Waals surface area contributed by atoms with Crippen LogP contribution in [0.2, 0.25) is 0 Å². The van der Waals surface area contributed by atoms with Gasteiger partial charge in [-0.25, -0.2) is 4.79 Å². The normalized spacial score (nSPS) is 12.6. The van der Waals surface area contributed by atoms with Crippen LogP contribution in [0.3, 0.4) is 0 Å². The highest BCUT2D eigenvalue weighted by molar-refractivity contribution is 5.95. The van der Waals surface area contributed by atoms with Crippen molar-refractivity contribution in [2.75, 3.05) is 25.8 Å². The van der Waals surface area contributed by atoms with Crippen LogP contribution in [0.25, 0.3) is 0 Å². The Morgan fingerprint density at radius 2 is 1.83 bits per heavy atom. The summed E-state index contributed by atoms with van der Waals surface area (Å²) >= 11 is 0. The molecule has 1 heterocycles. The van der Waals surface area contributed by atoms with Crippen LogP contribution in [0.1, 0.15) is 24.2 Å². The molecule has 0 spiro atoms. The monoisotopic (exact) mass is 415 g/mol. The summed E-state index contributed by atoms with van der Waals surface area (Å²) in [7, 11) is 1.42. The van der Waals surface area contributed by atoms with Crippen LogP contribution in [0.5, 0.6) is 23.0 Å². The average Bonchev–Trinajstić information content (AvgIpc) is 3.19. The van der Waals surface area contributed by atoms with Crippen molar-refractivity contribution in [1.29, 1.82) is 0 Å². The van der Waals surface area contributed by atoms with Crippen molar-refractivity contribution < 1.29 is 38.1 Å². The Kier molecular flexibility index (Phi) is 6.41. The van der Waals surface area contributed by atoms with Crippen LogP contribution in [-0.2, 0) is 14.3 Å². The fraction of sp³-hybridized carbons (Fsp3) is 0.286. The van der Waals surface area contributed by atoms with Gasteiger partial charge in [-0.15, -0.1) is 0 Å². The molecule has 9 nitrogen and oxygen atoms in total. The molecule has 0 radical (unpaired) electrons. The molecule has 1 N–H and O–H groups in total. The van der Waals surface area contributed by atoms with Gasteiger partial charge in [0.15, 0.2) is 41.5 Å². The van der Waals surface area contributed by atoms with E-state index in [1.165, 1.54) is 33.1 Å². The first kappa shape index (κ1) is 21.0. The molecule has 0 fully saturated rings. The number of rotatable bonds is 8. The fourth-order valence-electron chi connectivity index (χ4n) is 2.65. The lowest BCUT2D eigenvalue weighted by Gasteiger charge is -2.15. The third kappa shape index (κ3) is 4.99. The van der Waals surface area contributed by atoms with Gasteiger partial charge in [0.2, 0.25) is 6.79 Å². The van der Waals surface area contributed by atoms with Gasteiger partial charge in [0.1, 0.15) is 0 Å². The van der Waals surface area contributed by atoms with E-state index < -0.39 is 24.6 Å². The lowest BCUT2D eigenvalue weighted by atomic mass is 10.1. The van der Waals surface area contributed by atoms with E-state index >= 15 is 0 Å². The molecular formula is C21H21NO8. The SMILES string of the molecule is COc1cc(C(C)=O)ccc1OCC(=O)O[C@H](C)C(=O)Nc1ccc2c(c1)OCO2. The van der Waals surface area contributed by atoms with Crippen molar-refractivity contribution in [2.45, 2.75) is 20.0 Å². The quantitative estimate of drug-likeness (QED) is 0.518. The maximum atomic E-state index is 12.3. The number of carbonyl (C=O) groups excluding carboxylic acids is 3. The number of carbonyl (C=O) groups is 3. The standard InChI is InChI=1S/C21H21NO8/c1-12(23)14-4-6-16(18(8-14)26-3)27-10-20(24)30-13(2)21(25)22-15-5-7-17-19(9-15)29-11-28-17/h4-9,13H,10-11H2,1-3H3,(H,22,25)/t13-/m1/s1. The number of fused-ring (bicyclic) bond motifs is 1. The summed E-state index contributed by atoms with van der Waals surface area (Å²) < 4.78 is 26.1. The Morgan fingerprint density at radius 1 is 1.07 bits per heavy atom. The van der Waals surface area contributed by atoms with Crippen molar-refractivity contribution in [1.82, 2.24) is 0 Å². The Labute approximate surface area is 172 Å². The molecule has 0 unspecified atom stereocenters. The van der Waals surface area contributed by atoms with Crippen LogP contribution < -0.4 is 24.3 Å². The van der Waals surface area contributed by atoms with Gasteiger partial charge in [-0.05, 0) is 44.2 Å². The Bertz CT molecular complexity index is 971. The smallest absolute Gasteiger partial charge is 0.344 e. The summed E-state index contributed by atoms with van der Waals surface area (Å²) in [6, 6.07) is 9.55. The van der Waals surface area contributed by atoms with Gasteiger partial charge in [-0.1, -0.05) is 0 Å². The third-order valence-corrected chi connectivity index (χ3v) is 4.23. The van der Waals surface area contributed by atoms with Gasteiger partial charge in [-0.2, -0.15) is 0 Å². The molecule has 158 valence electrons. The number of hydrogen-bond acceptors (Lipinski definition) is 8. The maximum absolute atomic E-state index is 12.3. The zero-order valence-corrected chi connectivity index (χ0v) is 16.7. The number of benzene rings is 2. The van der Waals surface area contributed by atoms with Crippen LogP contribution in [-0.4, -0.2) is 44.3 Å². The number of Topliss-reactive ketones (excluding diaryl/α,β-unsaturated/α-hetero) is 1. The van der Waals surface area contributed by atoms with Crippen molar-refractivity contribution >= 4 is 23.3 Å². The second-order valence-corrected chi connectivity index (χ2v) is 6.40. The maximum Gasteiger partial charge on any atom is 0.344 e. The molecule has 1 aliphatic heterocycles. The topological polar surface area (TPSA) is 109 Å². The second-order valence-electron chi connectivity index (χ2n) is 6.40. The van der Waals surface area contributed by atoms with Gasteiger partial charge < -0.3 is 29.0 Å². The Morgan fingerprint density at radius 3 is 2.57 bits per heavy atom. The molecule has 0 aromatic heterocycles. The highest BCUT2D eigenvalue weighted by Crippen LogP contribution is 2.34. The van der Waals surface area contributed by atoms with E-state index in [9.17, 15) is 14.4 Å². The number of anilines is 1. The van der Waals surface area contributed by atoms with Crippen molar-refractivity contribution in [2.24, 2.45) is 0 Å². The van der Waals surface area contributed by atoms with Gasteiger partial charge in [0.25, 0.3) is 5.91 Å². The van der Waals surface area contributed by atoms with Gasteiger partial charge >= 0.3 is 5.97 Å². The van der Waals surface area contributed by atoms with E-state index in [1.807, 2.05) is 0 Å². The first-order chi connectivity index (χ1) is 14.4. The molecule has 2 aromatic carbocycles. The molecule has 0 saturated heterocycles. The summed E-state index contributed by atoms with van der Waals surface area (Å²) in [4.78, 5) is 35.8. The minimum absolute atomic E-state index is 0.124. The number of methoxy groups -OCH3 is 1. The number of ketones is 1. The van der Waals surface area contributed by atoms with E-state index in [2.05, 4.69) is 5.32 Å². The third-order valence-electron chi connectivity index (χ3n) is 4.23. The van der Waals surface area contributed by atoms with E-state index in [0.717, 1.165) is 0 Å². The van der Waals surface area contributed by atoms with Crippen LogP contribution in [0.15, 0.2) is 36.4 Å². The van der Waals surface area contributed by atoms with Crippen LogP contribution in [0, 0.1) is 0 Å². The second kappa shape index (κ2) is 9.17. The lowest BCUT2D eigenvalue weighted by molar-refractivity contribution is -0.155. The summed E-state index contributed by atoms with van der Waals surface area (Å²) in [6.45, 7) is 2.57. The van der Waals surface area contributed by atoms with Gasteiger partial charge in [0.05, 0.1) is 7.11 Å². The van der Waals surface area contributed by atoms with Crippen LogP contribution >= 0.6 is 0 Å². The number of esters is 1. The minimum atomic E-state index is -1.05. The largest absolute Gasteiger partial charge is 0.493 e. The molecule has 0 saturated carbocycles. The summed E-state index contributed by atoms with van der Waals surface area (Å²) in [5, 5.41) is 2.64. The molecule has 1 atom stereocenters. The Balaban J connectivity index is 1.52. The molecule has 1 aliphatic rings. The van der Waals surface area contributed by atoms with Crippen molar-refractivity contribution in [3.63, 3.8) is 0 Å². The predicted molar refractivity (Wildman–Crippen MR) is 105 cm³/mol. The highest BCUT2D eigenvalue weighted by Gasteiger charge is 2.20. The molecule has 0 bridgehead atoms. The molecule has 30 heavy (non-hydrogen) atoms. The highest BCUT2D eigenvalue weighted by atomic mass is 16.7. The summed E-state index contributed by atoms with van der Waals surface area (Å²) in [5.41, 5.74) is 0.939. The summed E-state index contributed by atoms with van der Waals surface area (Å²) in [5.74, 6) is 0.334. The average molecular weight is 415 g/mol. The molecule has 3 rings (SSSR count). The Hall–Kier alpha value is -3.75. The van der Waals surface area contributed by atoms with Gasteiger partial charge in [-0.3, -0.25) is 9.59 Å². The van der Waals surface area contributed by atoms with Gasteiger partial charge in [0, 0.05) is 17.3 Å². The molecular weight excluding hydrogens is 394 g/mol. The number of hydrogen-bond donors (Lipinski definition) is 1. The number of ether oxygens (including phenoxy) is 5. The number of amides is 1. The minimum Gasteiger partial charge on any atom is -0.493 e. The zero-order chi connectivity index (χ0) is 21.7. The van der Waals surface area contributed by atoms with Crippen molar-refractivity contribution in [3.8, 4) is 23.0 Å². The number of nitrogens with one attached hydrogen (secondary N) is 1. The molecule has 9 heteroatoms. The van der Waals surface area contributed by atoms with Crippen molar-refractivity contribution in [3.05, 3.63) is 42.0 Å². The first-order valence-electron chi connectivity index (χ1n) is 9.09. The van der Waals surface area contributed by atoms with Crippen LogP contribution in [0.4, 0.5) is 5.69 Å². The fourth-order valence-corrected chi connectivity index (χ4v) is 2.65. The zero-order valence-electron chi connectivity index (χ0n) is 16.7. The van der Waals surface area contributed by atoms with E-state index in [-0.39, 0.29) is 18.3 Å². The first-order valence-corrected chi connectivity index (χ1v) is 9.09. The lowest BCUT2D eigenvalue weighted by Crippen LogP contribution is -2.31. The molecule has 1 amide bonds. The molecule has 0 aliphatic carbocycles. The van der Waals surface area contributed by atoms with E-state index in [4.69, 9.17) is 23.7 Å². The summed E-state index contributed by atoms with van der Waals surface area (Å²) in [6.07, 6.45) is -1.05.